The monoisotopic (exact) mass is 436 g/mol. The predicted octanol–water partition coefficient (Wildman–Crippen LogP) is 5.20. The van der Waals surface area contributed by atoms with Gasteiger partial charge in [0.05, 0.1) is 13.2 Å². The lowest BCUT2D eigenvalue weighted by molar-refractivity contribution is -0.0799. The third-order valence-corrected chi connectivity index (χ3v) is 5.71. The second-order valence-electron chi connectivity index (χ2n) is 7.71. The molecule has 1 saturated heterocycles. The van der Waals surface area contributed by atoms with Gasteiger partial charge in [-0.25, -0.2) is 0 Å². The van der Waals surface area contributed by atoms with Crippen molar-refractivity contribution < 1.29 is 18.9 Å². The third-order valence-electron chi connectivity index (χ3n) is 5.29. The predicted molar refractivity (Wildman–Crippen MR) is 124 cm³/mol. The molecule has 1 aliphatic heterocycles. The van der Waals surface area contributed by atoms with E-state index in [0.29, 0.717) is 19.8 Å². The first-order chi connectivity index (χ1) is 15.2. The molecule has 5 heteroatoms. The molecule has 0 N–H and O–H groups in total. The van der Waals surface area contributed by atoms with Crippen LogP contribution in [-0.4, -0.2) is 30.4 Å². The van der Waals surface area contributed by atoms with E-state index < -0.39 is 5.44 Å². The molecule has 4 atom stereocenters. The Kier molecular flexibility index (Phi) is 7.65. The zero-order valence-electron chi connectivity index (χ0n) is 17.6. The van der Waals surface area contributed by atoms with E-state index in [-0.39, 0.29) is 18.3 Å². The minimum absolute atomic E-state index is 0.284. The van der Waals surface area contributed by atoms with Crippen LogP contribution in [0.3, 0.4) is 0 Å². The topological polar surface area (TPSA) is 36.9 Å². The fourth-order valence-electron chi connectivity index (χ4n) is 3.57. The average Bonchev–Trinajstić information content (AvgIpc) is 3.11. The van der Waals surface area contributed by atoms with Gasteiger partial charge in [-0.3, -0.25) is 0 Å². The number of hydrogen-bond donors (Lipinski definition) is 1. The zero-order valence-corrected chi connectivity index (χ0v) is 18.5. The minimum Gasteiger partial charge on any atom is -0.491 e. The first-order valence-electron chi connectivity index (χ1n) is 10.5. The van der Waals surface area contributed by atoms with Crippen molar-refractivity contribution >= 4 is 12.6 Å². The van der Waals surface area contributed by atoms with Gasteiger partial charge in [-0.15, -0.1) is 12.6 Å². The molecule has 0 aromatic heterocycles. The maximum absolute atomic E-state index is 6.30. The van der Waals surface area contributed by atoms with Crippen molar-refractivity contribution in [3.63, 3.8) is 0 Å². The SMILES string of the molecule is Cc1ccc(OC[C@H]2O[C@@H](S)[C@H](OCc3ccccc3)[C@H]2OCc2ccccc2)cc1. The molecule has 0 saturated carbocycles. The van der Waals surface area contributed by atoms with E-state index in [2.05, 4.69) is 19.6 Å². The van der Waals surface area contributed by atoms with Gasteiger partial charge in [-0.1, -0.05) is 78.4 Å². The van der Waals surface area contributed by atoms with Crippen LogP contribution in [0.5, 0.6) is 5.75 Å². The molecule has 0 radical (unpaired) electrons. The second kappa shape index (κ2) is 10.8. The zero-order chi connectivity index (χ0) is 21.5. The van der Waals surface area contributed by atoms with Crippen LogP contribution in [0, 0.1) is 6.92 Å². The van der Waals surface area contributed by atoms with Gasteiger partial charge < -0.3 is 18.9 Å². The van der Waals surface area contributed by atoms with Gasteiger partial charge in [0, 0.05) is 0 Å². The highest BCUT2D eigenvalue weighted by atomic mass is 32.1. The van der Waals surface area contributed by atoms with Gasteiger partial charge in [0.15, 0.2) is 0 Å². The molecule has 1 fully saturated rings. The Morgan fingerprint density at radius 1 is 0.742 bits per heavy atom. The van der Waals surface area contributed by atoms with Gasteiger partial charge >= 0.3 is 0 Å². The molecular formula is C26H28O4S. The van der Waals surface area contributed by atoms with Crippen LogP contribution in [-0.2, 0) is 27.4 Å². The van der Waals surface area contributed by atoms with Crippen molar-refractivity contribution in [1.29, 1.82) is 0 Å². The summed E-state index contributed by atoms with van der Waals surface area (Å²) >= 11 is 4.64. The van der Waals surface area contributed by atoms with Gasteiger partial charge in [-0.2, -0.15) is 0 Å². The van der Waals surface area contributed by atoms with E-state index >= 15 is 0 Å². The maximum Gasteiger partial charge on any atom is 0.129 e. The van der Waals surface area contributed by atoms with Crippen LogP contribution in [0.4, 0.5) is 0 Å². The van der Waals surface area contributed by atoms with Crippen LogP contribution < -0.4 is 4.74 Å². The molecule has 1 aliphatic rings. The van der Waals surface area contributed by atoms with Crippen LogP contribution in [0.15, 0.2) is 84.9 Å². The summed E-state index contributed by atoms with van der Waals surface area (Å²) in [6, 6.07) is 28.2. The van der Waals surface area contributed by atoms with Crippen LogP contribution >= 0.6 is 12.6 Å². The fraction of sp³-hybridized carbons (Fsp3) is 0.308. The first kappa shape index (κ1) is 21.9. The standard InChI is InChI=1S/C26H28O4S/c1-19-12-14-22(15-13-19)27-18-23-24(28-16-20-8-4-2-5-9-20)25(26(31)30-23)29-17-21-10-6-3-7-11-21/h2-15,23-26,31H,16-18H2,1H3/t23-,24+,25-,26+/m1/s1. The van der Waals surface area contributed by atoms with Crippen molar-refractivity contribution in [2.24, 2.45) is 0 Å². The van der Waals surface area contributed by atoms with Crippen molar-refractivity contribution in [2.75, 3.05) is 6.61 Å². The molecule has 0 amide bonds. The number of ether oxygens (including phenoxy) is 4. The van der Waals surface area contributed by atoms with Crippen molar-refractivity contribution in [3.05, 3.63) is 102 Å². The second-order valence-corrected chi connectivity index (χ2v) is 8.22. The van der Waals surface area contributed by atoms with Crippen LogP contribution in [0.1, 0.15) is 16.7 Å². The van der Waals surface area contributed by atoms with E-state index in [1.54, 1.807) is 0 Å². The lowest BCUT2D eigenvalue weighted by Crippen LogP contribution is -2.38. The molecule has 0 spiro atoms. The molecule has 4 rings (SSSR count). The Labute approximate surface area is 189 Å². The molecule has 0 bridgehead atoms. The average molecular weight is 437 g/mol. The van der Waals surface area contributed by atoms with Crippen LogP contribution in [0.2, 0.25) is 0 Å². The summed E-state index contributed by atoms with van der Waals surface area (Å²) in [5.41, 5.74) is 3.00. The smallest absolute Gasteiger partial charge is 0.129 e. The van der Waals surface area contributed by atoms with E-state index in [0.717, 1.165) is 16.9 Å². The van der Waals surface area contributed by atoms with Gasteiger partial charge in [0.25, 0.3) is 0 Å². The fourth-order valence-corrected chi connectivity index (χ4v) is 3.98. The van der Waals surface area contributed by atoms with Crippen molar-refractivity contribution in [3.8, 4) is 5.75 Å². The number of aryl methyl sites for hydroxylation is 1. The lowest BCUT2D eigenvalue weighted by atomic mass is 10.1. The van der Waals surface area contributed by atoms with E-state index in [9.17, 15) is 0 Å². The molecule has 4 nitrogen and oxygen atoms in total. The molecular weight excluding hydrogens is 408 g/mol. The summed E-state index contributed by atoms with van der Waals surface area (Å²) in [4.78, 5) is 0. The Bertz CT molecular complexity index is 917. The highest BCUT2D eigenvalue weighted by Crippen LogP contribution is 2.31. The molecule has 31 heavy (non-hydrogen) atoms. The third kappa shape index (κ3) is 6.11. The summed E-state index contributed by atoms with van der Waals surface area (Å²) in [6.45, 7) is 3.37. The number of rotatable bonds is 9. The summed E-state index contributed by atoms with van der Waals surface area (Å²) < 4.78 is 24.6. The number of benzene rings is 3. The number of hydrogen-bond acceptors (Lipinski definition) is 5. The molecule has 162 valence electrons. The molecule has 0 aliphatic carbocycles. The molecule has 3 aromatic carbocycles. The Morgan fingerprint density at radius 3 is 1.87 bits per heavy atom. The minimum atomic E-state index is -0.392. The highest BCUT2D eigenvalue weighted by molar-refractivity contribution is 7.80. The Balaban J connectivity index is 1.43. The summed E-state index contributed by atoms with van der Waals surface area (Å²) in [6.07, 6.45) is -0.885. The van der Waals surface area contributed by atoms with Crippen molar-refractivity contribution in [1.82, 2.24) is 0 Å². The summed E-state index contributed by atoms with van der Waals surface area (Å²) in [5.74, 6) is 0.806. The van der Waals surface area contributed by atoms with Gasteiger partial charge in [0.1, 0.15) is 36.1 Å². The Hall–Kier alpha value is -2.31. The quantitative estimate of drug-likeness (QED) is 0.468. The van der Waals surface area contributed by atoms with E-state index in [1.165, 1.54) is 5.56 Å². The van der Waals surface area contributed by atoms with E-state index in [1.807, 2.05) is 84.9 Å². The maximum atomic E-state index is 6.30. The largest absolute Gasteiger partial charge is 0.491 e. The van der Waals surface area contributed by atoms with Gasteiger partial charge in [-0.05, 0) is 30.2 Å². The molecule has 1 heterocycles. The lowest BCUT2D eigenvalue weighted by Gasteiger charge is -2.24. The summed E-state index contributed by atoms with van der Waals surface area (Å²) in [7, 11) is 0. The van der Waals surface area contributed by atoms with E-state index in [4.69, 9.17) is 18.9 Å². The Morgan fingerprint density at radius 2 is 1.29 bits per heavy atom. The normalized spacial score (nSPS) is 23.0. The van der Waals surface area contributed by atoms with Gasteiger partial charge in [0.2, 0.25) is 0 Å². The molecule has 3 aromatic rings. The highest BCUT2D eigenvalue weighted by Gasteiger charge is 2.45. The number of thiol groups is 1. The summed E-state index contributed by atoms with van der Waals surface area (Å²) in [5, 5.41) is 0. The van der Waals surface area contributed by atoms with Crippen LogP contribution in [0.25, 0.3) is 0 Å². The molecule has 0 unspecified atom stereocenters. The van der Waals surface area contributed by atoms with Crippen molar-refractivity contribution in [2.45, 2.75) is 43.9 Å². The first-order valence-corrected chi connectivity index (χ1v) is 11.0.